The summed E-state index contributed by atoms with van der Waals surface area (Å²) in [6.45, 7) is 3.42. The van der Waals surface area contributed by atoms with Crippen LogP contribution < -0.4 is 5.32 Å². The molecule has 3 heterocycles. The largest absolute Gasteiger partial charge is 0.462 e. The van der Waals surface area contributed by atoms with E-state index in [4.69, 9.17) is 4.74 Å². The first-order chi connectivity index (χ1) is 15.9. The number of hydrogen-bond donors (Lipinski definition) is 1. The molecule has 0 saturated carbocycles. The molecule has 0 aliphatic rings. The van der Waals surface area contributed by atoms with Crippen LogP contribution in [-0.4, -0.2) is 47.8 Å². The van der Waals surface area contributed by atoms with Crippen molar-refractivity contribution in [3.8, 4) is 11.3 Å². The van der Waals surface area contributed by atoms with Gasteiger partial charge in [0.25, 0.3) is 0 Å². The number of ether oxygens (including phenoxy) is 1. The molecule has 12 heteroatoms. The lowest BCUT2D eigenvalue weighted by Crippen LogP contribution is -2.20. The van der Waals surface area contributed by atoms with E-state index in [1.54, 1.807) is 44.3 Å². The summed E-state index contributed by atoms with van der Waals surface area (Å²) in [6.07, 6.45) is 2.97. The van der Waals surface area contributed by atoms with Crippen molar-refractivity contribution in [1.82, 2.24) is 24.4 Å². The molecule has 0 spiro atoms. The summed E-state index contributed by atoms with van der Waals surface area (Å²) in [7, 11) is 0. The number of esters is 1. The van der Waals surface area contributed by atoms with Crippen LogP contribution in [0.2, 0.25) is 0 Å². The Hall–Kier alpha value is -4.61. The van der Waals surface area contributed by atoms with Gasteiger partial charge in [-0.15, -0.1) is 0 Å². The van der Waals surface area contributed by atoms with Gasteiger partial charge in [-0.1, -0.05) is 12.1 Å². The smallest absolute Gasteiger partial charge is 0.390 e. The highest BCUT2D eigenvalue weighted by Crippen LogP contribution is 2.24. The lowest BCUT2D eigenvalue weighted by Gasteiger charge is -2.09. The van der Waals surface area contributed by atoms with Crippen molar-refractivity contribution >= 4 is 29.0 Å². The molecule has 1 N–H and O–H groups in total. The Bertz CT molecular complexity index is 1370. The molecule has 3 aromatic heterocycles. The fraction of sp³-hybridized carbons (Fsp3) is 0.190. The van der Waals surface area contributed by atoms with E-state index in [0.717, 1.165) is 5.56 Å². The zero-order valence-corrected chi connectivity index (χ0v) is 17.8. The molecular weight excluding hydrogens is 430 g/mol. The van der Waals surface area contributed by atoms with E-state index >= 15 is 0 Å². The van der Waals surface area contributed by atoms with E-state index in [2.05, 4.69) is 20.5 Å². The number of rotatable bonds is 7. The fourth-order valence-corrected chi connectivity index (χ4v) is 3.30. The maximum absolute atomic E-state index is 12.5. The van der Waals surface area contributed by atoms with E-state index in [-0.39, 0.29) is 24.5 Å². The van der Waals surface area contributed by atoms with Gasteiger partial charge in [0.15, 0.2) is 5.65 Å². The average molecular weight is 449 g/mol. The second-order valence-corrected chi connectivity index (χ2v) is 7.03. The van der Waals surface area contributed by atoms with Crippen LogP contribution in [0.3, 0.4) is 0 Å². The summed E-state index contributed by atoms with van der Waals surface area (Å²) in [4.78, 5) is 39.1. The minimum absolute atomic E-state index is 0.175. The van der Waals surface area contributed by atoms with Gasteiger partial charge in [-0.05, 0) is 37.0 Å². The van der Waals surface area contributed by atoms with Gasteiger partial charge in [-0.25, -0.2) is 14.3 Å². The first-order valence-corrected chi connectivity index (χ1v) is 9.96. The summed E-state index contributed by atoms with van der Waals surface area (Å²) in [5.41, 5.74) is 3.01. The molecule has 0 aliphatic heterocycles. The monoisotopic (exact) mass is 449 g/mol. The zero-order valence-electron chi connectivity index (χ0n) is 17.8. The second-order valence-electron chi connectivity index (χ2n) is 7.03. The second kappa shape index (κ2) is 8.86. The number of nitro groups is 1. The molecule has 0 radical (unpaired) electrons. The number of hydrogen-bond acceptors (Lipinski definition) is 8. The Kier molecular flexibility index (Phi) is 5.81. The van der Waals surface area contributed by atoms with Gasteiger partial charge in [-0.3, -0.25) is 4.79 Å². The van der Waals surface area contributed by atoms with Crippen molar-refractivity contribution in [3.63, 3.8) is 0 Å². The molecule has 0 saturated heterocycles. The molecule has 1 amide bonds. The number of carbonyl (C=O) groups is 2. The maximum atomic E-state index is 12.5. The van der Waals surface area contributed by atoms with Gasteiger partial charge in [0.05, 0.1) is 35.4 Å². The predicted octanol–water partition coefficient (Wildman–Crippen LogP) is 2.62. The highest BCUT2D eigenvalue weighted by atomic mass is 16.6. The molecule has 0 bridgehead atoms. The van der Waals surface area contributed by atoms with Gasteiger partial charge >= 0.3 is 11.8 Å². The predicted molar refractivity (Wildman–Crippen MR) is 117 cm³/mol. The third kappa shape index (κ3) is 4.39. The molecule has 4 rings (SSSR count). The van der Waals surface area contributed by atoms with Gasteiger partial charge in [-0.2, -0.15) is 9.78 Å². The van der Waals surface area contributed by atoms with Crippen LogP contribution in [0, 0.1) is 17.0 Å². The van der Waals surface area contributed by atoms with Crippen molar-refractivity contribution in [2.75, 3.05) is 11.9 Å². The Morgan fingerprint density at radius 2 is 2.06 bits per heavy atom. The normalized spacial score (nSPS) is 10.8. The van der Waals surface area contributed by atoms with Crippen LogP contribution >= 0.6 is 0 Å². The summed E-state index contributed by atoms with van der Waals surface area (Å²) in [5.74, 6) is -1.21. The number of benzene rings is 1. The van der Waals surface area contributed by atoms with Gasteiger partial charge in [0, 0.05) is 17.4 Å². The SMILES string of the molecule is CCOC(=O)c1cnn2c(-c3cccc(NC(=O)Cn4nc([N+](=O)[O-])cc4C)c3)ccnc12. The Morgan fingerprint density at radius 1 is 1.24 bits per heavy atom. The third-order valence-electron chi connectivity index (χ3n) is 4.79. The molecule has 0 aliphatic carbocycles. The number of nitrogens with one attached hydrogen (secondary N) is 1. The molecule has 1 aromatic carbocycles. The summed E-state index contributed by atoms with van der Waals surface area (Å²) < 4.78 is 7.85. The summed E-state index contributed by atoms with van der Waals surface area (Å²) in [6, 6.07) is 10.1. The highest BCUT2D eigenvalue weighted by Gasteiger charge is 2.19. The quantitative estimate of drug-likeness (QED) is 0.257. The van der Waals surface area contributed by atoms with E-state index < -0.39 is 16.8 Å². The lowest BCUT2D eigenvalue weighted by molar-refractivity contribution is -0.389. The maximum Gasteiger partial charge on any atom is 0.390 e. The molecule has 12 nitrogen and oxygen atoms in total. The molecule has 168 valence electrons. The van der Waals surface area contributed by atoms with Crippen LogP contribution in [0.5, 0.6) is 0 Å². The van der Waals surface area contributed by atoms with Crippen LogP contribution in [0.25, 0.3) is 16.9 Å². The molecule has 33 heavy (non-hydrogen) atoms. The minimum Gasteiger partial charge on any atom is -0.462 e. The first kappa shape index (κ1) is 21.6. The van der Waals surface area contributed by atoms with Crippen molar-refractivity contribution < 1.29 is 19.2 Å². The Morgan fingerprint density at radius 3 is 2.79 bits per heavy atom. The number of anilines is 1. The topological polar surface area (TPSA) is 147 Å². The van der Waals surface area contributed by atoms with E-state index in [9.17, 15) is 19.7 Å². The van der Waals surface area contributed by atoms with Gasteiger partial charge < -0.3 is 20.2 Å². The van der Waals surface area contributed by atoms with Gasteiger partial charge in [0.1, 0.15) is 12.1 Å². The fourth-order valence-electron chi connectivity index (χ4n) is 3.30. The third-order valence-corrected chi connectivity index (χ3v) is 4.79. The average Bonchev–Trinajstić information content (AvgIpc) is 3.38. The summed E-state index contributed by atoms with van der Waals surface area (Å²) in [5, 5.41) is 21.7. The standard InChI is InChI=1S/C21H19N7O5/c1-3-33-21(30)16-11-23-27-17(7-8-22-20(16)27)14-5-4-6-15(10-14)24-19(29)12-26-13(2)9-18(25-26)28(31)32/h4-11H,3,12H2,1-2H3,(H,24,29). The highest BCUT2D eigenvalue weighted by molar-refractivity contribution is 5.96. The number of nitrogens with zero attached hydrogens (tertiary/aromatic N) is 6. The van der Waals surface area contributed by atoms with Gasteiger partial charge in [0.2, 0.25) is 5.91 Å². The molecule has 0 fully saturated rings. The van der Waals surface area contributed by atoms with Crippen LogP contribution in [0.4, 0.5) is 11.5 Å². The van der Waals surface area contributed by atoms with E-state index in [1.165, 1.54) is 21.5 Å². The van der Waals surface area contributed by atoms with Crippen molar-refractivity contribution in [1.29, 1.82) is 0 Å². The number of amides is 1. The molecular formula is C21H19N7O5. The van der Waals surface area contributed by atoms with E-state index in [1.807, 2.05) is 6.07 Å². The van der Waals surface area contributed by atoms with Crippen LogP contribution in [-0.2, 0) is 16.1 Å². The first-order valence-electron chi connectivity index (χ1n) is 9.96. The number of aryl methyl sites for hydroxylation is 1. The number of fused-ring (bicyclic) bond motifs is 1. The summed E-state index contributed by atoms with van der Waals surface area (Å²) >= 11 is 0. The molecule has 0 atom stereocenters. The van der Waals surface area contributed by atoms with Crippen molar-refractivity contribution in [2.45, 2.75) is 20.4 Å². The van der Waals surface area contributed by atoms with Crippen LogP contribution in [0.15, 0.2) is 48.8 Å². The van der Waals surface area contributed by atoms with Crippen molar-refractivity contribution in [2.24, 2.45) is 0 Å². The lowest BCUT2D eigenvalue weighted by atomic mass is 10.1. The zero-order chi connectivity index (χ0) is 23.5. The number of aromatic nitrogens is 5. The van der Waals surface area contributed by atoms with Crippen molar-refractivity contribution in [3.05, 3.63) is 70.2 Å². The van der Waals surface area contributed by atoms with Crippen LogP contribution in [0.1, 0.15) is 23.0 Å². The number of carbonyl (C=O) groups excluding carboxylic acids is 2. The Balaban J connectivity index is 1.57. The molecule has 4 aromatic rings. The minimum atomic E-state index is -0.608. The van der Waals surface area contributed by atoms with E-state index in [0.29, 0.717) is 22.7 Å². The Labute approximate surface area is 187 Å². The molecule has 0 unspecified atom stereocenters.